The zero-order valence-corrected chi connectivity index (χ0v) is 16.6. The fourth-order valence-corrected chi connectivity index (χ4v) is 11.0. The van der Waals surface area contributed by atoms with Gasteiger partial charge >= 0.3 is 0 Å². The van der Waals surface area contributed by atoms with Crippen LogP contribution >= 0.6 is 0 Å². The van der Waals surface area contributed by atoms with E-state index < -0.39 is 8.07 Å². The maximum Gasteiger partial charge on any atom is 0.0612 e. The summed E-state index contributed by atoms with van der Waals surface area (Å²) in [5.41, 5.74) is 2.81. The summed E-state index contributed by atoms with van der Waals surface area (Å²) >= 11 is 0. The molecule has 0 aliphatic carbocycles. The van der Waals surface area contributed by atoms with Crippen molar-refractivity contribution in [1.82, 2.24) is 0 Å². The molecule has 122 valence electrons. The molecule has 0 saturated carbocycles. The molecule has 0 N–H and O–H groups in total. The zero-order valence-electron chi connectivity index (χ0n) is 15.6. The Hall–Kier alpha value is 0.217. The molecule has 0 aliphatic rings. The molecule has 0 nitrogen and oxygen atoms in total. The normalized spacial score (nSPS) is 12.9. The minimum absolute atomic E-state index is 0.937. The summed E-state index contributed by atoms with van der Waals surface area (Å²) in [6.45, 7) is 17.3. The number of hydrogen-bond donors (Lipinski definition) is 0. The average molecular weight is 299 g/mol. The Kier molecular flexibility index (Phi) is 11.0. The van der Waals surface area contributed by atoms with Gasteiger partial charge in [0.1, 0.15) is 0 Å². The number of rotatable bonds is 12. The van der Waals surface area contributed by atoms with E-state index in [1.54, 1.807) is 6.04 Å². The van der Waals surface area contributed by atoms with Crippen LogP contribution in [0.2, 0.25) is 22.7 Å². The minimum Gasteiger partial charge on any atom is -0.0654 e. The molecule has 0 unspecified atom stereocenters. The maximum absolute atomic E-state index is 2.50. The number of unbranched alkanes of at least 4 members (excludes halogenated alkanes) is 7. The van der Waals surface area contributed by atoms with Crippen molar-refractivity contribution in [2.75, 3.05) is 0 Å². The van der Waals surface area contributed by atoms with Crippen LogP contribution in [0, 0.1) is 0 Å². The minimum atomic E-state index is -1.11. The second-order valence-electron chi connectivity index (χ2n) is 7.80. The van der Waals surface area contributed by atoms with E-state index in [1.807, 2.05) is 0 Å². The standard InChI is InChI=1S/C19H42Si/c1-8-9-10-11-12-13-14-15-16-20(17(2)3,18(4)5)19(6)7/h17-19H,8-16H2,1-7H3. The van der Waals surface area contributed by atoms with Gasteiger partial charge in [-0.1, -0.05) is 123 Å². The van der Waals surface area contributed by atoms with Gasteiger partial charge in [-0.05, 0) is 0 Å². The van der Waals surface area contributed by atoms with Crippen molar-refractivity contribution >= 4 is 8.07 Å². The average Bonchev–Trinajstić information content (AvgIpc) is 2.35. The van der Waals surface area contributed by atoms with E-state index in [0.717, 1.165) is 16.6 Å². The van der Waals surface area contributed by atoms with Gasteiger partial charge in [0.25, 0.3) is 0 Å². The van der Waals surface area contributed by atoms with Crippen LogP contribution in [0.25, 0.3) is 0 Å². The van der Waals surface area contributed by atoms with Crippen molar-refractivity contribution < 1.29 is 0 Å². The van der Waals surface area contributed by atoms with E-state index in [4.69, 9.17) is 0 Å². The smallest absolute Gasteiger partial charge is 0.0612 e. The molecule has 0 aliphatic heterocycles. The highest BCUT2D eigenvalue weighted by Gasteiger charge is 2.41. The Balaban J connectivity index is 4.04. The predicted octanol–water partition coefficient (Wildman–Crippen LogP) is 7.81. The topological polar surface area (TPSA) is 0 Å². The van der Waals surface area contributed by atoms with Crippen molar-refractivity contribution in [3.63, 3.8) is 0 Å². The molecule has 1 heteroatoms. The van der Waals surface area contributed by atoms with Crippen molar-refractivity contribution in [2.24, 2.45) is 0 Å². The summed E-state index contributed by atoms with van der Waals surface area (Å²) in [7, 11) is -1.11. The molecule has 0 heterocycles. The summed E-state index contributed by atoms with van der Waals surface area (Å²) in [6.07, 6.45) is 11.6. The third-order valence-electron chi connectivity index (χ3n) is 5.69. The lowest BCUT2D eigenvalue weighted by molar-refractivity contribution is 0.581. The molecular weight excluding hydrogens is 256 g/mol. The first-order valence-electron chi connectivity index (χ1n) is 9.39. The fourth-order valence-electron chi connectivity index (χ4n) is 4.43. The molecule has 0 fully saturated rings. The van der Waals surface area contributed by atoms with Gasteiger partial charge in [0.2, 0.25) is 0 Å². The quantitative estimate of drug-likeness (QED) is 0.254. The number of hydrogen-bond acceptors (Lipinski definition) is 0. The first-order valence-corrected chi connectivity index (χ1v) is 11.8. The van der Waals surface area contributed by atoms with Crippen LogP contribution in [0.3, 0.4) is 0 Å². The highest BCUT2D eigenvalue weighted by molar-refractivity contribution is 6.83. The highest BCUT2D eigenvalue weighted by Crippen LogP contribution is 2.45. The lowest BCUT2D eigenvalue weighted by Gasteiger charge is -2.43. The first kappa shape index (κ1) is 20.2. The van der Waals surface area contributed by atoms with Gasteiger partial charge in [-0.3, -0.25) is 0 Å². The summed E-state index contributed by atoms with van der Waals surface area (Å²) in [4.78, 5) is 0. The van der Waals surface area contributed by atoms with E-state index in [2.05, 4.69) is 48.5 Å². The first-order chi connectivity index (χ1) is 9.39. The molecule has 0 rings (SSSR count). The second kappa shape index (κ2) is 10.9. The van der Waals surface area contributed by atoms with Gasteiger partial charge in [-0.2, -0.15) is 0 Å². The molecule has 20 heavy (non-hydrogen) atoms. The molecule has 0 saturated heterocycles. The van der Waals surface area contributed by atoms with Crippen LogP contribution in [0.5, 0.6) is 0 Å². The Morgan fingerprint density at radius 2 is 0.900 bits per heavy atom. The molecule has 0 aromatic carbocycles. The molecule has 0 amide bonds. The van der Waals surface area contributed by atoms with Gasteiger partial charge in [-0.25, -0.2) is 0 Å². The van der Waals surface area contributed by atoms with Crippen LogP contribution in [-0.4, -0.2) is 8.07 Å². The Bertz CT molecular complexity index is 196. The third kappa shape index (κ3) is 6.33. The monoisotopic (exact) mass is 298 g/mol. The van der Waals surface area contributed by atoms with E-state index >= 15 is 0 Å². The van der Waals surface area contributed by atoms with Crippen LogP contribution < -0.4 is 0 Å². The van der Waals surface area contributed by atoms with Gasteiger partial charge in [0, 0.05) is 0 Å². The fraction of sp³-hybridized carbons (Fsp3) is 1.00. The van der Waals surface area contributed by atoms with Gasteiger partial charge in [0.05, 0.1) is 8.07 Å². The van der Waals surface area contributed by atoms with Gasteiger partial charge < -0.3 is 0 Å². The molecule has 0 aromatic heterocycles. The van der Waals surface area contributed by atoms with Crippen LogP contribution in [-0.2, 0) is 0 Å². The Morgan fingerprint density at radius 1 is 0.550 bits per heavy atom. The van der Waals surface area contributed by atoms with Gasteiger partial charge in [-0.15, -0.1) is 0 Å². The van der Waals surface area contributed by atoms with E-state index in [1.165, 1.54) is 51.4 Å². The van der Waals surface area contributed by atoms with Crippen molar-refractivity contribution in [1.29, 1.82) is 0 Å². The predicted molar refractivity (Wildman–Crippen MR) is 98.5 cm³/mol. The Labute approximate surface area is 131 Å². The van der Waals surface area contributed by atoms with Crippen molar-refractivity contribution in [3.8, 4) is 0 Å². The summed E-state index contributed by atoms with van der Waals surface area (Å²) in [5, 5.41) is 0. The van der Waals surface area contributed by atoms with Crippen LogP contribution in [0.1, 0.15) is 99.8 Å². The molecule has 0 atom stereocenters. The van der Waals surface area contributed by atoms with Crippen molar-refractivity contribution in [2.45, 2.75) is 123 Å². The summed E-state index contributed by atoms with van der Waals surface area (Å²) in [6, 6.07) is 1.56. The maximum atomic E-state index is 2.50. The largest absolute Gasteiger partial charge is 0.0654 e. The van der Waals surface area contributed by atoms with Crippen LogP contribution in [0.4, 0.5) is 0 Å². The Morgan fingerprint density at radius 3 is 1.25 bits per heavy atom. The summed E-state index contributed by atoms with van der Waals surface area (Å²) in [5.74, 6) is 0. The summed E-state index contributed by atoms with van der Waals surface area (Å²) < 4.78 is 0. The molecule has 0 spiro atoms. The second-order valence-corrected chi connectivity index (χ2v) is 14.0. The van der Waals surface area contributed by atoms with E-state index in [0.29, 0.717) is 0 Å². The van der Waals surface area contributed by atoms with Crippen molar-refractivity contribution in [3.05, 3.63) is 0 Å². The van der Waals surface area contributed by atoms with Crippen LogP contribution in [0.15, 0.2) is 0 Å². The SMILES string of the molecule is CCCCCCCCCC[Si](C(C)C)(C(C)C)C(C)C. The molecule has 0 bridgehead atoms. The lowest BCUT2D eigenvalue weighted by Crippen LogP contribution is -2.44. The van der Waals surface area contributed by atoms with E-state index in [-0.39, 0.29) is 0 Å². The third-order valence-corrected chi connectivity index (χ3v) is 13.4. The molecular formula is C19H42Si. The molecule has 0 radical (unpaired) electrons. The highest BCUT2D eigenvalue weighted by atomic mass is 28.3. The van der Waals surface area contributed by atoms with Gasteiger partial charge in [0.15, 0.2) is 0 Å². The van der Waals surface area contributed by atoms with E-state index in [9.17, 15) is 0 Å². The lowest BCUT2D eigenvalue weighted by atomic mass is 10.1. The zero-order chi connectivity index (χ0) is 15.6. The molecule has 0 aromatic rings.